The van der Waals surface area contributed by atoms with Crippen molar-refractivity contribution in [1.29, 1.82) is 0 Å². The standard InChI is InChI=1S/C19H24N2O4S/c22-18(15-20-11-13-25-14-12-20)16-21(17-7-3-1-4-8-17)26(23,24)19-9-5-2-6-10-19/h1-10,18,22H,11-16H2/p+1. The van der Waals surface area contributed by atoms with Gasteiger partial charge in [-0.05, 0) is 24.3 Å². The number of rotatable bonds is 7. The molecule has 2 aromatic carbocycles. The maximum Gasteiger partial charge on any atom is 0.264 e. The van der Waals surface area contributed by atoms with E-state index in [0.717, 1.165) is 13.1 Å². The molecule has 2 aromatic rings. The zero-order valence-corrected chi connectivity index (χ0v) is 15.4. The Morgan fingerprint density at radius 3 is 2.19 bits per heavy atom. The summed E-state index contributed by atoms with van der Waals surface area (Å²) in [5, 5.41) is 10.6. The molecule has 6 nitrogen and oxygen atoms in total. The van der Waals surface area contributed by atoms with Crippen LogP contribution in [0.25, 0.3) is 0 Å². The lowest BCUT2D eigenvalue weighted by Gasteiger charge is -2.30. The van der Waals surface area contributed by atoms with Gasteiger partial charge in [-0.25, -0.2) is 8.42 Å². The molecule has 1 aliphatic rings. The summed E-state index contributed by atoms with van der Waals surface area (Å²) in [6.07, 6.45) is -0.762. The van der Waals surface area contributed by atoms with Gasteiger partial charge in [-0.2, -0.15) is 0 Å². The summed E-state index contributed by atoms with van der Waals surface area (Å²) in [6, 6.07) is 17.2. The van der Waals surface area contributed by atoms with Gasteiger partial charge in [-0.3, -0.25) is 4.31 Å². The van der Waals surface area contributed by atoms with Gasteiger partial charge in [0, 0.05) is 0 Å². The Morgan fingerprint density at radius 1 is 1.00 bits per heavy atom. The van der Waals surface area contributed by atoms with Crippen LogP contribution >= 0.6 is 0 Å². The van der Waals surface area contributed by atoms with Crippen LogP contribution < -0.4 is 9.21 Å². The second-order valence-electron chi connectivity index (χ2n) is 6.41. The molecule has 0 bridgehead atoms. The first kappa shape index (κ1) is 18.8. The average molecular weight is 377 g/mol. The molecule has 140 valence electrons. The Balaban J connectivity index is 1.82. The van der Waals surface area contributed by atoms with Crippen molar-refractivity contribution >= 4 is 15.7 Å². The first-order valence-corrected chi connectivity index (χ1v) is 10.2. The SMILES string of the molecule is O=S(=O)(c1ccccc1)N(CC(O)C[NH+]1CCOCC1)c1ccccc1. The molecule has 1 atom stereocenters. The molecule has 7 heteroatoms. The molecule has 1 aliphatic heterocycles. The molecular formula is C19H25N2O4S+. The molecule has 0 aromatic heterocycles. The van der Waals surface area contributed by atoms with Gasteiger partial charge < -0.3 is 14.7 Å². The Kier molecular flexibility index (Phi) is 6.26. The molecule has 0 saturated carbocycles. The summed E-state index contributed by atoms with van der Waals surface area (Å²) in [5.41, 5.74) is 0.549. The highest BCUT2D eigenvalue weighted by molar-refractivity contribution is 7.92. The molecule has 3 rings (SSSR count). The highest BCUT2D eigenvalue weighted by atomic mass is 32.2. The van der Waals surface area contributed by atoms with Crippen LogP contribution in [0.4, 0.5) is 5.69 Å². The minimum atomic E-state index is -3.75. The van der Waals surface area contributed by atoms with Gasteiger partial charge in [0.2, 0.25) is 0 Å². The molecule has 0 aliphatic carbocycles. The predicted octanol–water partition coefficient (Wildman–Crippen LogP) is 0.158. The average Bonchev–Trinajstić information content (AvgIpc) is 2.68. The van der Waals surface area contributed by atoms with Crippen LogP contribution in [0.5, 0.6) is 0 Å². The van der Waals surface area contributed by atoms with E-state index in [1.807, 2.05) is 6.07 Å². The largest absolute Gasteiger partial charge is 0.385 e. The smallest absolute Gasteiger partial charge is 0.264 e. The van der Waals surface area contributed by atoms with Crippen LogP contribution in [-0.4, -0.2) is 59.0 Å². The van der Waals surface area contributed by atoms with Crippen molar-refractivity contribution in [1.82, 2.24) is 0 Å². The maximum absolute atomic E-state index is 13.1. The summed E-state index contributed by atoms with van der Waals surface area (Å²) < 4.78 is 32.9. The third-order valence-corrected chi connectivity index (χ3v) is 6.28. The van der Waals surface area contributed by atoms with Gasteiger partial charge in [-0.1, -0.05) is 36.4 Å². The van der Waals surface area contributed by atoms with Crippen LogP contribution in [0.2, 0.25) is 0 Å². The number of nitrogens with one attached hydrogen (secondary N) is 1. The number of anilines is 1. The van der Waals surface area contributed by atoms with E-state index in [0.29, 0.717) is 25.4 Å². The van der Waals surface area contributed by atoms with Crippen LogP contribution in [0.3, 0.4) is 0 Å². The van der Waals surface area contributed by atoms with Crippen LogP contribution in [-0.2, 0) is 14.8 Å². The predicted molar refractivity (Wildman–Crippen MR) is 99.8 cm³/mol. The molecule has 0 amide bonds. The van der Waals surface area contributed by atoms with Crippen molar-refractivity contribution < 1.29 is 23.2 Å². The summed E-state index contributed by atoms with van der Waals surface area (Å²) in [7, 11) is -3.75. The zero-order chi connectivity index (χ0) is 18.4. The first-order chi connectivity index (χ1) is 12.6. The van der Waals surface area contributed by atoms with Crippen molar-refractivity contribution in [2.45, 2.75) is 11.0 Å². The summed E-state index contributed by atoms with van der Waals surface area (Å²) >= 11 is 0. The van der Waals surface area contributed by atoms with Crippen molar-refractivity contribution in [3.63, 3.8) is 0 Å². The normalized spacial score (nSPS) is 17.0. The monoisotopic (exact) mass is 377 g/mol. The highest BCUT2D eigenvalue weighted by Gasteiger charge is 2.28. The van der Waals surface area contributed by atoms with Gasteiger partial charge in [0.05, 0.1) is 30.3 Å². The molecule has 26 heavy (non-hydrogen) atoms. The van der Waals surface area contributed by atoms with E-state index in [1.54, 1.807) is 54.6 Å². The lowest BCUT2D eigenvalue weighted by atomic mass is 10.2. The highest BCUT2D eigenvalue weighted by Crippen LogP contribution is 2.23. The number of quaternary nitrogens is 1. The second kappa shape index (κ2) is 8.64. The topological polar surface area (TPSA) is 71.3 Å². The number of aliphatic hydroxyl groups excluding tert-OH is 1. The number of aliphatic hydroxyl groups is 1. The minimum Gasteiger partial charge on any atom is -0.385 e. The molecule has 2 N–H and O–H groups in total. The Labute approximate surface area is 154 Å². The second-order valence-corrected chi connectivity index (χ2v) is 8.27. The van der Waals surface area contributed by atoms with E-state index in [2.05, 4.69) is 0 Å². The Hall–Kier alpha value is -1.93. The number of hydrogen-bond acceptors (Lipinski definition) is 4. The Bertz CT molecular complexity index is 778. The number of ether oxygens (including phenoxy) is 1. The Morgan fingerprint density at radius 2 is 1.58 bits per heavy atom. The zero-order valence-electron chi connectivity index (χ0n) is 14.6. The molecule has 1 saturated heterocycles. The van der Waals surface area contributed by atoms with Gasteiger partial charge in [0.15, 0.2) is 0 Å². The molecular weight excluding hydrogens is 352 g/mol. The van der Waals surface area contributed by atoms with E-state index in [9.17, 15) is 13.5 Å². The summed E-state index contributed by atoms with van der Waals surface area (Å²) in [5.74, 6) is 0. The quantitative estimate of drug-likeness (QED) is 0.721. The molecule has 0 radical (unpaired) electrons. The number of morpholine rings is 1. The third kappa shape index (κ3) is 4.62. The van der Waals surface area contributed by atoms with Crippen molar-refractivity contribution in [2.75, 3.05) is 43.7 Å². The van der Waals surface area contributed by atoms with Crippen LogP contribution in [0.15, 0.2) is 65.6 Å². The first-order valence-electron chi connectivity index (χ1n) is 8.79. The van der Waals surface area contributed by atoms with E-state index in [4.69, 9.17) is 4.74 Å². The fourth-order valence-electron chi connectivity index (χ4n) is 3.11. The van der Waals surface area contributed by atoms with Gasteiger partial charge in [0.1, 0.15) is 25.7 Å². The minimum absolute atomic E-state index is 0.0194. The lowest BCUT2D eigenvalue weighted by molar-refractivity contribution is -0.910. The summed E-state index contributed by atoms with van der Waals surface area (Å²) in [4.78, 5) is 1.45. The number of sulfonamides is 1. The van der Waals surface area contributed by atoms with Gasteiger partial charge >= 0.3 is 0 Å². The van der Waals surface area contributed by atoms with E-state index >= 15 is 0 Å². The third-order valence-electron chi connectivity index (χ3n) is 4.48. The van der Waals surface area contributed by atoms with Crippen molar-refractivity contribution in [2.24, 2.45) is 0 Å². The van der Waals surface area contributed by atoms with E-state index in [-0.39, 0.29) is 11.4 Å². The fraction of sp³-hybridized carbons (Fsp3) is 0.368. The number of nitrogens with zero attached hydrogens (tertiary/aromatic N) is 1. The van der Waals surface area contributed by atoms with E-state index in [1.165, 1.54) is 9.21 Å². The van der Waals surface area contributed by atoms with Crippen molar-refractivity contribution in [3.8, 4) is 0 Å². The number of benzene rings is 2. The molecule has 1 unspecified atom stereocenters. The molecule has 1 fully saturated rings. The fourth-order valence-corrected chi connectivity index (χ4v) is 4.63. The summed E-state index contributed by atoms with van der Waals surface area (Å²) in [6.45, 7) is 3.52. The molecule has 1 heterocycles. The number of para-hydroxylation sites is 1. The lowest BCUT2D eigenvalue weighted by Crippen LogP contribution is -3.15. The van der Waals surface area contributed by atoms with Crippen LogP contribution in [0.1, 0.15) is 0 Å². The van der Waals surface area contributed by atoms with E-state index < -0.39 is 16.1 Å². The van der Waals surface area contributed by atoms with Crippen LogP contribution in [0, 0.1) is 0 Å². The van der Waals surface area contributed by atoms with Gasteiger partial charge in [-0.15, -0.1) is 0 Å². The number of hydrogen-bond donors (Lipinski definition) is 2. The van der Waals surface area contributed by atoms with Crippen molar-refractivity contribution in [3.05, 3.63) is 60.7 Å². The van der Waals surface area contributed by atoms with Gasteiger partial charge in [0.25, 0.3) is 10.0 Å². The maximum atomic E-state index is 13.1. The molecule has 0 spiro atoms.